The molecule has 3 aliphatic rings. The van der Waals surface area contributed by atoms with Crippen LogP contribution in [0.1, 0.15) is 63.0 Å². The van der Waals surface area contributed by atoms with Gasteiger partial charge in [0.2, 0.25) is 0 Å². The maximum atomic E-state index is 14.0. The van der Waals surface area contributed by atoms with Crippen molar-refractivity contribution in [1.29, 1.82) is 0 Å². The van der Waals surface area contributed by atoms with Crippen LogP contribution in [0.5, 0.6) is 5.75 Å². The Balaban J connectivity index is 1.60. The average Bonchev–Trinajstić information content (AvgIpc) is 3.00. The molecule has 5 heteroatoms. The van der Waals surface area contributed by atoms with Gasteiger partial charge in [-0.15, -0.1) is 0 Å². The maximum absolute atomic E-state index is 14.0. The summed E-state index contributed by atoms with van der Waals surface area (Å²) in [6.45, 7) is 3.28. The van der Waals surface area contributed by atoms with E-state index in [0.29, 0.717) is 17.9 Å². The van der Waals surface area contributed by atoms with Gasteiger partial charge in [0, 0.05) is 18.3 Å². The number of nitrogens with zero attached hydrogens (tertiary/aromatic N) is 2. The molecule has 1 aliphatic carbocycles. The lowest BCUT2D eigenvalue weighted by Crippen LogP contribution is -2.43. The number of rotatable bonds is 5. The fraction of sp³-hybridized carbons (Fsp3) is 0.429. The normalized spacial score (nSPS) is 19.7. The number of anilines is 1. The minimum absolute atomic E-state index is 0.0114. The molecule has 5 rings (SSSR count). The van der Waals surface area contributed by atoms with Gasteiger partial charge < -0.3 is 9.64 Å². The van der Waals surface area contributed by atoms with E-state index in [9.17, 15) is 9.59 Å². The van der Waals surface area contributed by atoms with Gasteiger partial charge in [-0.05, 0) is 61.9 Å². The molecule has 2 aliphatic heterocycles. The molecule has 33 heavy (non-hydrogen) atoms. The first kappa shape index (κ1) is 21.7. The third-order valence-corrected chi connectivity index (χ3v) is 7.11. The number of aryl methyl sites for hydroxylation is 1. The van der Waals surface area contributed by atoms with Crippen molar-refractivity contribution in [3.05, 3.63) is 65.4 Å². The number of hydrogen-bond donors (Lipinski definition) is 0. The molecular formula is C28H32N2O3. The molecule has 0 spiro atoms. The predicted molar refractivity (Wildman–Crippen MR) is 130 cm³/mol. The summed E-state index contributed by atoms with van der Waals surface area (Å²) in [5.41, 5.74) is 4.14. The summed E-state index contributed by atoms with van der Waals surface area (Å²) >= 11 is 0. The van der Waals surface area contributed by atoms with Gasteiger partial charge in [-0.2, -0.15) is 0 Å². The van der Waals surface area contributed by atoms with Crippen LogP contribution in [-0.2, 0) is 16.0 Å². The molecule has 0 aromatic heterocycles. The Morgan fingerprint density at radius 2 is 1.61 bits per heavy atom. The molecule has 0 unspecified atom stereocenters. The van der Waals surface area contributed by atoms with E-state index in [-0.39, 0.29) is 17.9 Å². The molecule has 2 aromatic rings. The molecule has 2 amide bonds. The summed E-state index contributed by atoms with van der Waals surface area (Å²) in [4.78, 5) is 31.5. The fourth-order valence-corrected chi connectivity index (χ4v) is 5.54. The molecule has 2 aromatic carbocycles. The van der Waals surface area contributed by atoms with E-state index < -0.39 is 0 Å². The number of fused-ring (bicyclic) bond motifs is 1. The maximum Gasteiger partial charge on any atom is 0.278 e. The van der Waals surface area contributed by atoms with E-state index in [1.165, 1.54) is 18.4 Å². The summed E-state index contributed by atoms with van der Waals surface area (Å²) in [5, 5.41) is 0. The van der Waals surface area contributed by atoms with Crippen molar-refractivity contribution >= 4 is 23.1 Å². The second-order valence-electron chi connectivity index (χ2n) is 9.19. The number of carbonyl (C=O) groups is 2. The predicted octanol–water partition coefficient (Wildman–Crippen LogP) is 5.34. The molecule has 0 saturated heterocycles. The molecule has 1 saturated carbocycles. The van der Waals surface area contributed by atoms with Gasteiger partial charge in [0.25, 0.3) is 11.8 Å². The number of amides is 2. The van der Waals surface area contributed by atoms with Crippen molar-refractivity contribution in [3.8, 4) is 5.75 Å². The van der Waals surface area contributed by atoms with E-state index in [0.717, 1.165) is 62.1 Å². The van der Waals surface area contributed by atoms with E-state index in [1.807, 2.05) is 43.3 Å². The first-order valence-electron chi connectivity index (χ1n) is 12.4. The quantitative estimate of drug-likeness (QED) is 0.461. The highest BCUT2D eigenvalue weighted by Crippen LogP contribution is 2.40. The van der Waals surface area contributed by atoms with Crippen LogP contribution < -0.4 is 9.64 Å². The van der Waals surface area contributed by atoms with Crippen LogP contribution in [0.25, 0.3) is 5.57 Å². The summed E-state index contributed by atoms with van der Waals surface area (Å²) in [6.07, 6.45) is 8.26. The first-order chi connectivity index (χ1) is 16.2. The van der Waals surface area contributed by atoms with Gasteiger partial charge in [0.05, 0.1) is 12.2 Å². The van der Waals surface area contributed by atoms with Crippen LogP contribution in [-0.4, -0.2) is 35.9 Å². The Kier molecular flexibility index (Phi) is 6.21. The highest BCUT2D eigenvalue weighted by molar-refractivity contribution is 6.37. The number of benzene rings is 2. The van der Waals surface area contributed by atoms with E-state index in [4.69, 9.17) is 4.74 Å². The molecule has 0 N–H and O–H groups in total. The van der Waals surface area contributed by atoms with Crippen LogP contribution in [0.3, 0.4) is 0 Å². The standard InChI is InChI=1S/C28H32N2O3/c1-2-33-23-17-15-21(16-18-23)25-26(29-19-9-11-20-10-7-8-14-24(20)29)28(32)30(27(25)31)22-12-5-3-4-6-13-22/h7-8,10,14-18,22H,2-6,9,11-13,19H2,1H3. The Hall–Kier alpha value is -3.08. The highest BCUT2D eigenvalue weighted by atomic mass is 16.5. The van der Waals surface area contributed by atoms with Crippen LogP contribution >= 0.6 is 0 Å². The topological polar surface area (TPSA) is 49.9 Å². The largest absolute Gasteiger partial charge is 0.494 e. The van der Waals surface area contributed by atoms with Crippen LogP contribution in [0, 0.1) is 0 Å². The van der Waals surface area contributed by atoms with Crippen molar-refractivity contribution in [2.24, 2.45) is 0 Å². The number of para-hydroxylation sites is 1. The molecule has 2 heterocycles. The van der Waals surface area contributed by atoms with Gasteiger partial charge in [-0.3, -0.25) is 14.5 Å². The van der Waals surface area contributed by atoms with Gasteiger partial charge in [0.15, 0.2) is 0 Å². The van der Waals surface area contributed by atoms with Crippen molar-refractivity contribution in [3.63, 3.8) is 0 Å². The lowest BCUT2D eigenvalue weighted by molar-refractivity contribution is -0.139. The molecule has 172 valence electrons. The molecule has 5 nitrogen and oxygen atoms in total. The van der Waals surface area contributed by atoms with Crippen molar-refractivity contribution in [2.45, 2.75) is 64.3 Å². The zero-order valence-corrected chi connectivity index (χ0v) is 19.4. The Morgan fingerprint density at radius 3 is 2.33 bits per heavy atom. The minimum atomic E-state index is -0.144. The van der Waals surface area contributed by atoms with E-state index >= 15 is 0 Å². The zero-order valence-electron chi connectivity index (χ0n) is 19.4. The monoisotopic (exact) mass is 444 g/mol. The summed E-state index contributed by atoms with van der Waals surface area (Å²) < 4.78 is 5.60. The Bertz CT molecular complexity index is 1060. The summed E-state index contributed by atoms with van der Waals surface area (Å²) in [6, 6.07) is 15.9. The average molecular weight is 445 g/mol. The number of ether oxygens (including phenoxy) is 1. The summed E-state index contributed by atoms with van der Waals surface area (Å²) in [5.74, 6) is 0.491. The minimum Gasteiger partial charge on any atom is -0.494 e. The number of carbonyl (C=O) groups excluding carboxylic acids is 2. The van der Waals surface area contributed by atoms with Crippen molar-refractivity contribution < 1.29 is 14.3 Å². The first-order valence-corrected chi connectivity index (χ1v) is 12.4. The lowest BCUT2D eigenvalue weighted by Gasteiger charge is -2.33. The van der Waals surface area contributed by atoms with Crippen LogP contribution in [0.4, 0.5) is 5.69 Å². The van der Waals surface area contributed by atoms with E-state index in [1.54, 1.807) is 4.90 Å². The third-order valence-electron chi connectivity index (χ3n) is 7.11. The third kappa shape index (κ3) is 4.05. The van der Waals surface area contributed by atoms with Gasteiger partial charge in [-0.1, -0.05) is 56.0 Å². The molecule has 1 fully saturated rings. The van der Waals surface area contributed by atoms with Crippen molar-refractivity contribution in [2.75, 3.05) is 18.1 Å². The zero-order chi connectivity index (χ0) is 22.8. The Morgan fingerprint density at radius 1 is 0.879 bits per heavy atom. The molecular weight excluding hydrogens is 412 g/mol. The Labute approximate surface area is 196 Å². The van der Waals surface area contributed by atoms with Gasteiger partial charge >= 0.3 is 0 Å². The lowest BCUT2D eigenvalue weighted by atomic mass is 9.98. The second-order valence-corrected chi connectivity index (χ2v) is 9.19. The van der Waals surface area contributed by atoms with Crippen molar-refractivity contribution in [1.82, 2.24) is 4.90 Å². The molecule has 0 radical (unpaired) electrons. The second kappa shape index (κ2) is 9.42. The van der Waals surface area contributed by atoms with Crippen LogP contribution in [0.2, 0.25) is 0 Å². The number of hydrogen-bond acceptors (Lipinski definition) is 4. The van der Waals surface area contributed by atoms with Gasteiger partial charge in [0.1, 0.15) is 11.4 Å². The highest BCUT2D eigenvalue weighted by Gasteiger charge is 2.45. The molecule has 0 atom stereocenters. The van der Waals surface area contributed by atoms with E-state index in [2.05, 4.69) is 17.0 Å². The fourth-order valence-electron chi connectivity index (χ4n) is 5.54. The van der Waals surface area contributed by atoms with Gasteiger partial charge in [-0.25, -0.2) is 0 Å². The SMILES string of the molecule is CCOc1ccc(C2=C(N3CCCc4ccccc43)C(=O)N(C3CCCCCC3)C2=O)cc1. The van der Waals surface area contributed by atoms with Crippen LogP contribution in [0.15, 0.2) is 54.2 Å². The summed E-state index contributed by atoms with van der Waals surface area (Å²) in [7, 11) is 0. The smallest absolute Gasteiger partial charge is 0.278 e. The molecule has 0 bridgehead atoms. The number of imide groups is 1.